The molecule has 1 saturated heterocycles. The number of alkyl halides is 2. The molecule has 2 aliphatic rings. The molecule has 2 aliphatic heterocycles. The second-order valence-electron chi connectivity index (χ2n) is 8.51. The first-order valence-corrected chi connectivity index (χ1v) is 14.9. The summed E-state index contributed by atoms with van der Waals surface area (Å²) in [7, 11) is 1.21. The second-order valence-corrected chi connectivity index (χ2v) is 11.2. The van der Waals surface area contributed by atoms with Crippen LogP contribution in [0.3, 0.4) is 0 Å². The zero-order valence-corrected chi connectivity index (χ0v) is 25.0. The first-order valence-electron chi connectivity index (χ1n) is 11.9. The number of anilines is 1. The fourth-order valence-corrected chi connectivity index (χ4v) is 6.42. The van der Waals surface area contributed by atoms with Crippen molar-refractivity contribution >= 4 is 82.3 Å². The molecule has 1 fully saturated rings. The number of methoxy groups -OCH3 is 1. The van der Waals surface area contributed by atoms with Gasteiger partial charge in [-0.2, -0.15) is 4.09 Å². The summed E-state index contributed by atoms with van der Waals surface area (Å²) in [5, 5.41) is 20.9. The van der Waals surface area contributed by atoms with Crippen molar-refractivity contribution in [2.45, 2.75) is 16.5 Å². The summed E-state index contributed by atoms with van der Waals surface area (Å²) in [6, 6.07) is 5.95. The van der Waals surface area contributed by atoms with Crippen LogP contribution in [0, 0.1) is 0 Å². The molecule has 4 rings (SSSR count). The van der Waals surface area contributed by atoms with Crippen LogP contribution in [-0.4, -0.2) is 101 Å². The minimum Gasteiger partial charge on any atom is -0.477 e. The molecular formula is C22H22Cl2N8O9S2. The number of fused-ring (bicyclic) bond motifs is 1. The third-order valence-corrected chi connectivity index (χ3v) is 8.80. The van der Waals surface area contributed by atoms with Crippen LogP contribution in [0.25, 0.3) is 0 Å². The first kappa shape index (κ1) is 32.3. The van der Waals surface area contributed by atoms with Gasteiger partial charge in [0, 0.05) is 18.6 Å². The predicted octanol–water partition coefficient (Wildman–Crippen LogP) is 0.0189. The van der Waals surface area contributed by atoms with E-state index in [1.165, 1.54) is 53.6 Å². The number of tetrazole rings is 1. The number of β-lactam (4-membered cyclic amide) rings is 1. The molecular weight excluding hydrogens is 655 g/mol. The van der Waals surface area contributed by atoms with Gasteiger partial charge in [0.1, 0.15) is 23.5 Å². The Morgan fingerprint density at radius 2 is 2.00 bits per heavy atom. The largest absolute Gasteiger partial charge is 0.477 e. The molecule has 0 aliphatic carbocycles. The molecule has 21 heteroatoms. The van der Waals surface area contributed by atoms with Gasteiger partial charge in [0.05, 0.1) is 5.69 Å². The molecule has 0 saturated carbocycles. The van der Waals surface area contributed by atoms with Crippen molar-refractivity contribution in [3.63, 3.8) is 0 Å². The zero-order valence-electron chi connectivity index (χ0n) is 21.9. The lowest BCUT2D eigenvalue weighted by atomic mass is 9.98. The van der Waals surface area contributed by atoms with Gasteiger partial charge in [0.25, 0.3) is 11.6 Å². The van der Waals surface area contributed by atoms with Gasteiger partial charge in [-0.25, -0.2) is 19.9 Å². The molecule has 2 aromatic rings. The molecule has 2 unspecified atom stereocenters. The quantitative estimate of drug-likeness (QED) is 0.0897. The standard InChI is InChI=1S/C22H22Cl2N8O9S2/c1-39-22(20(38)32-17(18(35)36)12(8-42-21(22)32)9-43-31-10-25-29-30-31)27-14(33)7-26-41-19(37)16(24)11-2-4-13(5-3-11)28-40-15(34)6-23/h2-5,10,16,21,26,28H,6-9H2,1H3,(H,27,33)(H,35,36)/t16?,21-,22?/m0/s1. The Morgan fingerprint density at radius 1 is 1.26 bits per heavy atom. The van der Waals surface area contributed by atoms with Gasteiger partial charge in [-0.15, -0.1) is 45.5 Å². The Kier molecular flexibility index (Phi) is 10.7. The van der Waals surface area contributed by atoms with Gasteiger partial charge in [-0.1, -0.05) is 12.1 Å². The van der Waals surface area contributed by atoms with E-state index in [-0.39, 0.29) is 23.1 Å². The third kappa shape index (κ3) is 7.13. The van der Waals surface area contributed by atoms with Crippen molar-refractivity contribution < 1.29 is 43.5 Å². The normalized spacial score (nSPS) is 20.0. The number of carbonyl (C=O) groups excluding carboxylic acids is 4. The number of carboxylic acid groups (broad SMARTS) is 1. The molecule has 0 radical (unpaired) electrons. The van der Waals surface area contributed by atoms with Crippen molar-refractivity contribution in [1.29, 1.82) is 0 Å². The fraction of sp³-hybridized carbons (Fsp3) is 0.364. The number of benzene rings is 1. The number of amides is 2. The number of nitrogens with one attached hydrogen (secondary N) is 3. The maximum Gasteiger partial charge on any atom is 0.352 e. The number of hydroxylamine groups is 1. The number of carboxylic acids is 1. The van der Waals surface area contributed by atoms with Gasteiger partial charge >= 0.3 is 17.9 Å². The molecule has 0 bridgehead atoms. The average molecular weight is 678 g/mol. The number of ether oxygens (including phenoxy) is 1. The minimum atomic E-state index is -1.84. The number of hydrogen-bond acceptors (Lipinski definition) is 15. The van der Waals surface area contributed by atoms with Gasteiger partial charge in [0.2, 0.25) is 5.91 Å². The molecule has 1 aromatic carbocycles. The van der Waals surface area contributed by atoms with Crippen LogP contribution in [-0.2, 0) is 38.4 Å². The van der Waals surface area contributed by atoms with Gasteiger partial charge in [-0.3, -0.25) is 14.5 Å². The fourth-order valence-electron chi connectivity index (χ4n) is 3.89. The SMILES string of the molecule is COC1(NC(=O)CNOC(=O)C(Cl)c2ccc(NOC(=O)CCl)cc2)C(=O)N2C(C(=O)O)=C(CSn3cnnn3)CS[C@H]21. The topological polar surface area (TPSA) is 216 Å². The van der Waals surface area contributed by atoms with Crippen LogP contribution < -0.4 is 16.3 Å². The van der Waals surface area contributed by atoms with Gasteiger partial charge in [0.15, 0.2) is 11.7 Å². The summed E-state index contributed by atoms with van der Waals surface area (Å²) in [4.78, 5) is 72.0. The smallest absolute Gasteiger partial charge is 0.352 e. The first-order chi connectivity index (χ1) is 20.6. The number of hydrogen-bond donors (Lipinski definition) is 4. The Balaban J connectivity index is 1.29. The third-order valence-electron chi connectivity index (χ3n) is 5.87. The van der Waals surface area contributed by atoms with Crippen LogP contribution in [0.15, 0.2) is 41.9 Å². The van der Waals surface area contributed by atoms with E-state index in [0.717, 1.165) is 16.8 Å². The Morgan fingerprint density at radius 3 is 2.63 bits per heavy atom. The summed E-state index contributed by atoms with van der Waals surface area (Å²) in [5.74, 6) is -4.39. The van der Waals surface area contributed by atoms with E-state index >= 15 is 0 Å². The molecule has 3 atom stereocenters. The summed E-state index contributed by atoms with van der Waals surface area (Å²) >= 11 is 13.8. The molecule has 4 N–H and O–H groups in total. The maximum atomic E-state index is 13.2. The van der Waals surface area contributed by atoms with E-state index in [0.29, 0.717) is 16.8 Å². The number of aliphatic carboxylic acids is 1. The molecule has 2 amide bonds. The highest BCUT2D eigenvalue weighted by molar-refractivity contribution is 8.00. The second kappa shape index (κ2) is 14.2. The van der Waals surface area contributed by atoms with E-state index < -0.39 is 52.7 Å². The van der Waals surface area contributed by atoms with Gasteiger partial charge < -0.3 is 24.8 Å². The molecule has 3 heterocycles. The van der Waals surface area contributed by atoms with Crippen molar-refractivity contribution in [1.82, 2.24) is 35.3 Å². The van der Waals surface area contributed by atoms with E-state index in [1.807, 2.05) is 0 Å². The molecule has 17 nitrogen and oxygen atoms in total. The van der Waals surface area contributed by atoms with E-state index in [1.54, 1.807) is 0 Å². The number of halogens is 2. The maximum absolute atomic E-state index is 13.2. The molecule has 43 heavy (non-hydrogen) atoms. The van der Waals surface area contributed by atoms with E-state index in [4.69, 9.17) is 32.8 Å². The Bertz CT molecular complexity index is 1420. The van der Waals surface area contributed by atoms with Crippen LogP contribution >= 0.6 is 46.9 Å². The van der Waals surface area contributed by atoms with Crippen molar-refractivity contribution in [2.75, 3.05) is 36.5 Å². The van der Waals surface area contributed by atoms with Crippen molar-refractivity contribution in [3.05, 3.63) is 47.4 Å². The van der Waals surface area contributed by atoms with Crippen molar-refractivity contribution in [2.24, 2.45) is 0 Å². The molecule has 230 valence electrons. The van der Waals surface area contributed by atoms with Crippen molar-refractivity contribution in [3.8, 4) is 0 Å². The predicted molar refractivity (Wildman–Crippen MR) is 151 cm³/mol. The lowest BCUT2D eigenvalue weighted by Gasteiger charge is -2.55. The highest BCUT2D eigenvalue weighted by Crippen LogP contribution is 2.47. The lowest BCUT2D eigenvalue weighted by Crippen LogP contribution is -2.81. The van der Waals surface area contributed by atoms with Crippen LogP contribution in [0.4, 0.5) is 5.69 Å². The van der Waals surface area contributed by atoms with Crippen LogP contribution in [0.1, 0.15) is 10.9 Å². The summed E-state index contributed by atoms with van der Waals surface area (Å²) in [6.45, 7) is -0.574. The highest BCUT2D eigenvalue weighted by Gasteiger charge is 2.66. The highest BCUT2D eigenvalue weighted by atomic mass is 35.5. The average Bonchev–Trinajstić information content (AvgIpc) is 3.54. The summed E-state index contributed by atoms with van der Waals surface area (Å²) < 4.78 is 6.74. The lowest BCUT2D eigenvalue weighted by molar-refractivity contribution is -0.192. The monoisotopic (exact) mass is 676 g/mol. The van der Waals surface area contributed by atoms with E-state index in [2.05, 4.69) is 36.6 Å². The number of aromatic nitrogens is 4. The molecule has 0 spiro atoms. The Hall–Kier alpha value is -3.62. The molecule has 1 aromatic heterocycles. The minimum absolute atomic E-state index is 0.199. The van der Waals surface area contributed by atoms with Crippen LogP contribution in [0.5, 0.6) is 0 Å². The number of nitrogens with zero attached hydrogens (tertiary/aromatic N) is 5. The number of rotatable bonds is 14. The van der Waals surface area contributed by atoms with E-state index in [9.17, 15) is 29.1 Å². The zero-order chi connectivity index (χ0) is 31.1. The number of thioether (sulfide) groups is 1. The summed E-state index contributed by atoms with van der Waals surface area (Å²) in [6.07, 6.45) is 1.35. The van der Waals surface area contributed by atoms with Gasteiger partial charge in [-0.05, 0) is 45.6 Å². The number of carbonyl (C=O) groups is 5. The summed E-state index contributed by atoms with van der Waals surface area (Å²) in [5.41, 5.74) is 3.72. The Labute approximate surface area is 260 Å². The van der Waals surface area contributed by atoms with Crippen LogP contribution in [0.2, 0.25) is 0 Å².